The molecule has 0 radical (unpaired) electrons. The van der Waals surface area contributed by atoms with Gasteiger partial charge in [-0.15, -0.1) is 0 Å². The summed E-state index contributed by atoms with van der Waals surface area (Å²) >= 11 is 0. The lowest BCUT2D eigenvalue weighted by Gasteiger charge is -2.41. The number of halogens is 1. The van der Waals surface area contributed by atoms with Crippen LogP contribution in [0.2, 0.25) is 0 Å². The number of hydrogen-bond donors (Lipinski definition) is 3. The first-order valence-electron chi connectivity index (χ1n) is 11.3. The minimum absolute atomic E-state index is 0.0790. The third kappa shape index (κ3) is 3.20. The van der Waals surface area contributed by atoms with E-state index < -0.39 is 5.66 Å². The first-order valence-corrected chi connectivity index (χ1v) is 11.3. The third-order valence-corrected chi connectivity index (χ3v) is 7.34. The highest BCUT2D eigenvalue weighted by Gasteiger charge is 2.53. The molecule has 6 rings (SSSR count). The van der Waals surface area contributed by atoms with E-state index in [1.165, 1.54) is 12.1 Å². The van der Waals surface area contributed by atoms with Crippen molar-refractivity contribution in [3.63, 3.8) is 0 Å². The molecule has 8 heteroatoms. The van der Waals surface area contributed by atoms with Gasteiger partial charge in [-0.25, -0.2) is 4.39 Å². The van der Waals surface area contributed by atoms with Gasteiger partial charge >= 0.3 is 0 Å². The average molecular weight is 448 g/mol. The summed E-state index contributed by atoms with van der Waals surface area (Å²) in [5.41, 5.74) is 2.47. The summed E-state index contributed by atoms with van der Waals surface area (Å²) in [6, 6.07) is 12.0. The summed E-state index contributed by atoms with van der Waals surface area (Å²) in [5.74, 6) is -0.491. The van der Waals surface area contributed by atoms with E-state index >= 15 is 0 Å². The lowest BCUT2D eigenvalue weighted by molar-refractivity contribution is -0.0394. The Bertz CT molecular complexity index is 1290. The van der Waals surface area contributed by atoms with Crippen LogP contribution in [0.25, 0.3) is 10.9 Å². The van der Waals surface area contributed by atoms with Gasteiger partial charge in [-0.2, -0.15) is 0 Å². The monoisotopic (exact) mass is 448 g/mol. The second-order valence-electron chi connectivity index (χ2n) is 9.46. The highest BCUT2D eigenvalue weighted by atomic mass is 19.1. The zero-order valence-corrected chi connectivity index (χ0v) is 18.3. The quantitative estimate of drug-likeness (QED) is 0.531. The fourth-order valence-electron chi connectivity index (χ4n) is 5.56. The zero-order chi connectivity index (χ0) is 22.8. The molecule has 0 bridgehead atoms. The molecule has 0 aliphatic carbocycles. The largest absolute Gasteiger partial charge is 0.370 e. The number of benzene rings is 2. The minimum atomic E-state index is -0.630. The molecule has 1 aromatic heterocycles. The number of amides is 2. The SMILES string of the molecule is Cc1c(C(=O)N2CCC3(CC2)CC2(CO3)NC(=O)c3ccccc3N2)[nH]c2ccc(F)cc12. The number of aryl methyl sites for hydroxylation is 1. The summed E-state index contributed by atoms with van der Waals surface area (Å²) < 4.78 is 19.9. The van der Waals surface area contributed by atoms with E-state index in [0.29, 0.717) is 50.2 Å². The molecule has 1 atom stereocenters. The molecule has 2 fully saturated rings. The first-order chi connectivity index (χ1) is 15.9. The van der Waals surface area contributed by atoms with Crippen molar-refractivity contribution < 1.29 is 18.7 Å². The lowest BCUT2D eigenvalue weighted by Crippen LogP contribution is -2.59. The average Bonchev–Trinajstić information content (AvgIpc) is 3.31. The minimum Gasteiger partial charge on any atom is -0.370 e. The van der Waals surface area contributed by atoms with Crippen molar-refractivity contribution in [2.75, 3.05) is 25.0 Å². The van der Waals surface area contributed by atoms with E-state index in [4.69, 9.17) is 4.74 Å². The van der Waals surface area contributed by atoms with Gasteiger partial charge in [0.2, 0.25) is 0 Å². The molecule has 4 heterocycles. The Labute approximate surface area is 190 Å². The predicted molar refractivity (Wildman–Crippen MR) is 122 cm³/mol. The van der Waals surface area contributed by atoms with Crippen LogP contribution in [-0.2, 0) is 4.74 Å². The van der Waals surface area contributed by atoms with Crippen LogP contribution in [0.3, 0.4) is 0 Å². The van der Waals surface area contributed by atoms with E-state index in [0.717, 1.165) is 22.2 Å². The van der Waals surface area contributed by atoms with Gasteiger partial charge in [-0.05, 0) is 55.7 Å². The van der Waals surface area contributed by atoms with Gasteiger partial charge in [0.15, 0.2) is 0 Å². The molecule has 1 unspecified atom stereocenters. The Balaban J connectivity index is 1.17. The number of fused-ring (bicyclic) bond motifs is 2. The number of ether oxygens (including phenoxy) is 1. The fourth-order valence-corrected chi connectivity index (χ4v) is 5.56. The van der Waals surface area contributed by atoms with Crippen molar-refractivity contribution in [1.29, 1.82) is 0 Å². The number of rotatable bonds is 1. The van der Waals surface area contributed by atoms with Gasteiger partial charge in [-0.3, -0.25) is 9.59 Å². The number of nitrogens with one attached hydrogen (secondary N) is 3. The summed E-state index contributed by atoms with van der Waals surface area (Å²) in [6.45, 7) is 3.34. The topological polar surface area (TPSA) is 86.5 Å². The number of H-pyrrole nitrogens is 1. The van der Waals surface area contributed by atoms with Crippen LogP contribution in [-0.4, -0.2) is 52.7 Å². The summed E-state index contributed by atoms with van der Waals surface area (Å²) in [4.78, 5) is 30.9. The lowest BCUT2D eigenvalue weighted by atomic mass is 9.84. The highest BCUT2D eigenvalue weighted by molar-refractivity contribution is 6.02. The number of nitrogens with zero attached hydrogens (tertiary/aromatic N) is 1. The number of aromatic nitrogens is 1. The van der Waals surface area contributed by atoms with Crippen molar-refractivity contribution >= 4 is 28.4 Å². The molecule has 170 valence electrons. The number of aromatic amines is 1. The van der Waals surface area contributed by atoms with Gasteiger partial charge in [0.1, 0.15) is 17.2 Å². The van der Waals surface area contributed by atoms with Crippen LogP contribution in [0.5, 0.6) is 0 Å². The molecule has 7 nitrogen and oxygen atoms in total. The highest BCUT2D eigenvalue weighted by Crippen LogP contribution is 2.43. The van der Waals surface area contributed by atoms with Gasteiger partial charge < -0.3 is 25.3 Å². The zero-order valence-electron chi connectivity index (χ0n) is 18.3. The summed E-state index contributed by atoms with van der Waals surface area (Å²) in [7, 11) is 0. The van der Waals surface area contributed by atoms with Crippen LogP contribution in [0.15, 0.2) is 42.5 Å². The third-order valence-electron chi connectivity index (χ3n) is 7.34. The number of carbonyl (C=O) groups excluding carboxylic acids is 2. The van der Waals surface area contributed by atoms with Crippen molar-refractivity contribution in [2.24, 2.45) is 0 Å². The maximum atomic E-state index is 13.7. The van der Waals surface area contributed by atoms with Crippen molar-refractivity contribution in [1.82, 2.24) is 15.2 Å². The van der Waals surface area contributed by atoms with E-state index in [1.54, 1.807) is 12.1 Å². The van der Waals surface area contributed by atoms with Gasteiger partial charge in [0.25, 0.3) is 11.8 Å². The smallest absolute Gasteiger partial charge is 0.270 e. The first kappa shape index (κ1) is 20.2. The van der Waals surface area contributed by atoms with E-state index in [1.807, 2.05) is 30.0 Å². The van der Waals surface area contributed by atoms with Crippen LogP contribution < -0.4 is 10.6 Å². The molecule has 3 aliphatic heterocycles. The molecule has 2 amide bonds. The molecular formula is C25H25FN4O3. The molecule has 2 spiro atoms. The van der Waals surface area contributed by atoms with Gasteiger partial charge in [-0.1, -0.05) is 12.1 Å². The number of para-hydroxylation sites is 1. The Morgan fingerprint density at radius 3 is 2.73 bits per heavy atom. The molecule has 3 aromatic rings. The van der Waals surface area contributed by atoms with E-state index in [9.17, 15) is 14.0 Å². The number of piperidine rings is 1. The van der Waals surface area contributed by atoms with E-state index in [2.05, 4.69) is 15.6 Å². The van der Waals surface area contributed by atoms with Crippen molar-refractivity contribution in [3.8, 4) is 0 Å². The van der Waals surface area contributed by atoms with E-state index in [-0.39, 0.29) is 23.2 Å². The molecule has 3 N–H and O–H groups in total. The molecule has 0 saturated carbocycles. The Kier molecular flexibility index (Phi) is 4.32. The molecule has 3 aliphatic rings. The molecule has 2 aromatic carbocycles. The predicted octanol–water partition coefficient (Wildman–Crippen LogP) is 3.56. The van der Waals surface area contributed by atoms with Crippen LogP contribution in [0.1, 0.15) is 45.7 Å². The van der Waals surface area contributed by atoms with Crippen LogP contribution in [0.4, 0.5) is 10.1 Å². The molecular weight excluding hydrogens is 423 g/mol. The van der Waals surface area contributed by atoms with Crippen molar-refractivity contribution in [2.45, 2.75) is 37.5 Å². The number of anilines is 1. The van der Waals surface area contributed by atoms with Crippen LogP contribution in [0, 0.1) is 12.7 Å². The summed E-state index contributed by atoms with van der Waals surface area (Å²) in [6.07, 6.45) is 2.02. The number of hydrogen-bond acceptors (Lipinski definition) is 4. The maximum Gasteiger partial charge on any atom is 0.270 e. The number of carbonyl (C=O) groups is 2. The number of likely N-dealkylation sites (tertiary alicyclic amines) is 1. The molecule has 33 heavy (non-hydrogen) atoms. The summed E-state index contributed by atoms with van der Waals surface area (Å²) in [5, 5.41) is 7.33. The van der Waals surface area contributed by atoms with Gasteiger partial charge in [0, 0.05) is 36.1 Å². The normalized spacial score (nSPS) is 23.6. The maximum absolute atomic E-state index is 13.7. The second-order valence-corrected chi connectivity index (χ2v) is 9.46. The Morgan fingerprint density at radius 2 is 1.91 bits per heavy atom. The van der Waals surface area contributed by atoms with Gasteiger partial charge in [0.05, 0.1) is 17.8 Å². The Morgan fingerprint density at radius 1 is 1.12 bits per heavy atom. The Hall–Kier alpha value is -3.39. The standard InChI is InChI=1S/C25H25FN4O3/c1-15-18-12-16(26)6-7-19(18)27-21(15)23(32)30-10-8-24(9-11-30)13-25(14-33-24)28-20-5-3-2-4-17(20)22(31)29-25/h2-7,12,27-28H,8-11,13-14H2,1H3,(H,29,31). The molecule has 2 saturated heterocycles. The second kappa shape index (κ2) is 7.05. The van der Waals surface area contributed by atoms with Crippen LogP contribution >= 0.6 is 0 Å². The van der Waals surface area contributed by atoms with Crippen molar-refractivity contribution in [3.05, 3.63) is 65.1 Å². The fraction of sp³-hybridized carbons (Fsp3) is 0.360.